The van der Waals surface area contributed by atoms with Gasteiger partial charge in [0, 0.05) is 11.0 Å². The van der Waals surface area contributed by atoms with Gasteiger partial charge in [-0.25, -0.2) is 13.6 Å². The summed E-state index contributed by atoms with van der Waals surface area (Å²) in [5.74, 6) is -0.109. The van der Waals surface area contributed by atoms with E-state index >= 15 is 0 Å². The number of primary sulfonamides is 1. The second kappa shape index (κ2) is 4.23. The zero-order chi connectivity index (χ0) is 13.4. The van der Waals surface area contributed by atoms with E-state index in [0.717, 1.165) is 0 Å². The Morgan fingerprint density at radius 2 is 1.76 bits per heavy atom. The van der Waals surface area contributed by atoms with Crippen molar-refractivity contribution in [1.82, 2.24) is 0 Å². The molecular weight excluding hydrogens is 238 g/mol. The van der Waals surface area contributed by atoms with Gasteiger partial charge < -0.3 is 0 Å². The number of benzene rings is 1. The minimum atomic E-state index is -3.79. The third kappa shape index (κ3) is 3.14. The molecule has 4 nitrogen and oxygen atoms in total. The maximum atomic E-state index is 12.0. The van der Waals surface area contributed by atoms with E-state index in [0.29, 0.717) is 11.1 Å². The standard InChI is InChI=1S/C12H17NO3S/c1-8-5-6-9(11(14)12(2,3)4)7-10(8)17(13,15)16/h5-7H,1-4H3,(H2,13,15,16). The molecule has 0 atom stereocenters. The molecule has 0 aliphatic carbocycles. The van der Waals surface area contributed by atoms with Crippen LogP contribution in [-0.2, 0) is 10.0 Å². The van der Waals surface area contributed by atoms with Crippen LogP contribution < -0.4 is 5.14 Å². The predicted octanol–water partition coefficient (Wildman–Crippen LogP) is 1.87. The van der Waals surface area contributed by atoms with Crippen molar-refractivity contribution >= 4 is 15.8 Å². The lowest BCUT2D eigenvalue weighted by molar-refractivity contribution is 0.0858. The quantitative estimate of drug-likeness (QED) is 0.819. The normalized spacial score (nSPS) is 12.5. The van der Waals surface area contributed by atoms with Crippen LogP contribution in [0.3, 0.4) is 0 Å². The van der Waals surface area contributed by atoms with Gasteiger partial charge in [0.15, 0.2) is 5.78 Å². The SMILES string of the molecule is Cc1ccc(C(=O)C(C)(C)C)cc1S(N)(=O)=O. The number of rotatable bonds is 2. The summed E-state index contributed by atoms with van der Waals surface area (Å²) in [4.78, 5) is 12.0. The Bertz CT molecular complexity index is 554. The fraction of sp³-hybridized carbons (Fsp3) is 0.417. The van der Waals surface area contributed by atoms with Gasteiger partial charge in [-0.2, -0.15) is 0 Å². The van der Waals surface area contributed by atoms with Crippen LogP contribution in [0.5, 0.6) is 0 Å². The van der Waals surface area contributed by atoms with Crippen LogP contribution >= 0.6 is 0 Å². The van der Waals surface area contributed by atoms with E-state index in [9.17, 15) is 13.2 Å². The third-order valence-corrected chi connectivity index (χ3v) is 3.49. The Morgan fingerprint density at radius 1 is 1.24 bits per heavy atom. The lowest BCUT2D eigenvalue weighted by atomic mass is 9.86. The van der Waals surface area contributed by atoms with Gasteiger partial charge in [0.05, 0.1) is 4.90 Å². The van der Waals surface area contributed by atoms with Crippen LogP contribution in [0.15, 0.2) is 23.1 Å². The Hall–Kier alpha value is -1.20. The van der Waals surface area contributed by atoms with E-state index in [2.05, 4.69) is 0 Å². The van der Waals surface area contributed by atoms with Gasteiger partial charge in [0.1, 0.15) is 0 Å². The van der Waals surface area contributed by atoms with Crippen molar-refractivity contribution in [3.8, 4) is 0 Å². The fourth-order valence-corrected chi connectivity index (χ4v) is 2.29. The monoisotopic (exact) mass is 255 g/mol. The van der Waals surface area contributed by atoms with E-state index < -0.39 is 15.4 Å². The summed E-state index contributed by atoms with van der Waals surface area (Å²) < 4.78 is 22.7. The zero-order valence-electron chi connectivity index (χ0n) is 10.4. The highest BCUT2D eigenvalue weighted by molar-refractivity contribution is 7.89. The van der Waals surface area contributed by atoms with E-state index in [1.54, 1.807) is 39.8 Å². The lowest BCUT2D eigenvalue weighted by Crippen LogP contribution is -2.21. The number of Topliss-reactive ketones (excluding diaryl/α,β-unsaturated/α-hetero) is 1. The number of sulfonamides is 1. The van der Waals surface area contributed by atoms with Crippen molar-refractivity contribution in [2.24, 2.45) is 10.6 Å². The largest absolute Gasteiger partial charge is 0.294 e. The van der Waals surface area contributed by atoms with Gasteiger partial charge in [-0.05, 0) is 18.6 Å². The van der Waals surface area contributed by atoms with Crippen LogP contribution in [0.25, 0.3) is 0 Å². The smallest absolute Gasteiger partial charge is 0.238 e. The Morgan fingerprint density at radius 3 is 2.18 bits per heavy atom. The number of hydrogen-bond donors (Lipinski definition) is 1. The first-order valence-corrected chi connectivity index (χ1v) is 6.76. The molecule has 0 fully saturated rings. The molecule has 0 unspecified atom stereocenters. The summed E-state index contributed by atoms with van der Waals surface area (Å²) in [6.07, 6.45) is 0. The van der Waals surface area contributed by atoms with Crippen molar-refractivity contribution in [1.29, 1.82) is 0 Å². The molecule has 17 heavy (non-hydrogen) atoms. The molecule has 0 aliphatic rings. The molecule has 0 radical (unpaired) electrons. The average molecular weight is 255 g/mol. The first kappa shape index (κ1) is 13.9. The van der Waals surface area contributed by atoms with Crippen molar-refractivity contribution < 1.29 is 13.2 Å². The molecule has 0 spiro atoms. The summed E-state index contributed by atoms with van der Waals surface area (Å²) in [5, 5.41) is 5.10. The fourth-order valence-electron chi connectivity index (χ4n) is 1.48. The molecule has 0 aliphatic heterocycles. The molecule has 0 saturated carbocycles. The van der Waals surface area contributed by atoms with E-state index in [-0.39, 0.29) is 10.7 Å². The van der Waals surface area contributed by atoms with E-state index in [1.165, 1.54) is 6.07 Å². The molecule has 1 aromatic rings. The minimum Gasteiger partial charge on any atom is -0.294 e. The van der Waals surface area contributed by atoms with Gasteiger partial charge in [0.25, 0.3) is 0 Å². The van der Waals surface area contributed by atoms with Crippen molar-refractivity contribution in [2.45, 2.75) is 32.6 Å². The first-order valence-electron chi connectivity index (χ1n) is 5.22. The van der Waals surface area contributed by atoms with Gasteiger partial charge in [-0.3, -0.25) is 4.79 Å². The first-order chi connectivity index (χ1) is 7.53. The van der Waals surface area contributed by atoms with Crippen LogP contribution in [0, 0.1) is 12.3 Å². The zero-order valence-corrected chi connectivity index (χ0v) is 11.3. The maximum Gasteiger partial charge on any atom is 0.238 e. The minimum absolute atomic E-state index is 0.00704. The van der Waals surface area contributed by atoms with Crippen LogP contribution in [0.1, 0.15) is 36.7 Å². The molecule has 0 amide bonds. The van der Waals surface area contributed by atoms with Gasteiger partial charge >= 0.3 is 0 Å². The lowest BCUT2D eigenvalue weighted by Gasteiger charge is -2.17. The number of hydrogen-bond acceptors (Lipinski definition) is 3. The number of ketones is 1. The topological polar surface area (TPSA) is 77.2 Å². The van der Waals surface area contributed by atoms with Crippen molar-refractivity contribution in [2.75, 3.05) is 0 Å². The number of carbonyl (C=O) groups is 1. The maximum absolute atomic E-state index is 12.0. The summed E-state index contributed by atoms with van der Waals surface area (Å²) in [7, 11) is -3.79. The number of nitrogens with two attached hydrogens (primary N) is 1. The summed E-state index contributed by atoms with van der Waals surface area (Å²) in [6.45, 7) is 6.99. The van der Waals surface area contributed by atoms with Crippen molar-refractivity contribution in [3.05, 3.63) is 29.3 Å². The van der Waals surface area contributed by atoms with Crippen LogP contribution in [0.2, 0.25) is 0 Å². The second-order valence-electron chi connectivity index (χ2n) is 5.10. The van der Waals surface area contributed by atoms with Gasteiger partial charge in [-0.15, -0.1) is 0 Å². The molecule has 0 heterocycles. The van der Waals surface area contributed by atoms with Gasteiger partial charge in [0.2, 0.25) is 10.0 Å². The molecule has 0 saturated heterocycles. The summed E-state index contributed by atoms with van der Waals surface area (Å²) >= 11 is 0. The second-order valence-corrected chi connectivity index (χ2v) is 6.63. The third-order valence-electron chi connectivity index (χ3n) is 2.44. The predicted molar refractivity (Wildman–Crippen MR) is 66.3 cm³/mol. The summed E-state index contributed by atoms with van der Waals surface area (Å²) in [6, 6.07) is 4.56. The highest BCUT2D eigenvalue weighted by Gasteiger charge is 2.24. The molecule has 5 heteroatoms. The Balaban J connectivity index is 3.38. The Kier molecular flexibility index (Phi) is 3.45. The number of aryl methyl sites for hydroxylation is 1. The van der Waals surface area contributed by atoms with E-state index in [4.69, 9.17) is 5.14 Å². The Labute approximate surface area is 102 Å². The van der Waals surface area contributed by atoms with E-state index in [1.807, 2.05) is 0 Å². The average Bonchev–Trinajstić information content (AvgIpc) is 2.14. The van der Waals surface area contributed by atoms with Crippen molar-refractivity contribution in [3.63, 3.8) is 0 Å². The molecule has 1 rings (SSSR count). The molecule has 0 aromatic heterocycles. The molecule has 2 N–H and O–H groups in total. The highest BCUT2D eigenvalue weighted by Crippen LogP contribution is 2.23. The van der Waals surface area contributed by atoms with Gasteiger partial charge in [-0.1, -0.05) is 32.9 Å². The molecule has 1 aromatic carbocycles. The molecule has 0 bridgehead atoms. The van der Waals surface area contributed by atoms with Crippen LogP contribution in [-0.4, -0.2) is 14.2 Å². The highest BCUT2D eigenvalue weighted by atomic mass is 32.2. The molecular formula is C12H17NO3S. The molecule has 94 valence electrons. The number of carbonyl (C=O) groups excluding carboxylic acids is 1. The van der Waals surface area contributed by atoms with Crippen LogP contribution in [0.4, 0.5) is 0 Å². The summed E-state index contributed by atoms with van der Waals surface area (Å²) in [5.41, 5.74) is 0.357.